The van der Waals surface area contributed by atoms with Crippen LogP contribution in [0.2, 0.25) is 5.02 Å². The number of aryl methyl sites for hydroxylation is 2. The van der Waals surface area contributed by atoms with E-state index in [0.717, 1.165) is 11.1 Å². The van der Waals surface area contributed by atoms with E-state index in [2.05, 4.69) is 5.32 Å². The Bertz CT molecular complexity index is 1040. The van der Waals surface area contributed by atoms with Gasteiger partial charge in [0, 0.05) is 5.69 Å². The summed E-state index contributed by atoms with van der Waals surface area (Å²) in [5, 5.41) is 21.0. The van der Waals surface area contributed by atoms with Crippen LogP contribution >= 0.6 is 11.6 Å². The SMILES string of the molecule is CCOc1cc(/C=C(\C#N)C(=O)Nc2ccc(C)c(C)c2)cc(Cl)c1OCC(=O)O. The first-order valence-electron chi connectivity index (χ1n) is 9.06. The summed E-state index contributed by atoms with van der Waals surface area (Å²) in [6.07, 6.45) is 1.37. The molecule has 30 heavy (non-hydrogen) atoms. The van der Waals surface area contributed by atoms with Crippen LogP contribution < -0.4 is 14.8 Å². The third-order valence-corrected chi connectivity index (χ3v) is 4.39. The molecule has 7 nitrogen and oxygen atoms in total. The van der Waals surface area contributed by atoms with Crippen molar-refractivity contribution in [3.05, 3.63) is 57.6 Å². The first kappa shape index (κ1) is 22.8. The van der Waals surface area contributed by atoms with Crippen molar-refractivity contribution in [2.45, 2.75) is 20.8 Å². The van der Waals surface area contributed by atoms with Crippen molar-refractivity contribution in [1.82, 2.24) is 0 Å². The number of nitrogens with one attached hydrogen (secondary N) is 1. The lowest BCUT2D eigenvalue weighted by atomic mass is 10.1. The molecule has 0 radical (unpaired) electrons. The number of nitriles is 1. The van der Waals surface area contributed by atoms with Crippen LogP contribution in [0.5, 0.6) is 11.5 Å². The molecule has 0 aliphatic carbocycles. The number of carbonyl (C=O) groups is 2. The maximum atomic E-state index is 12.5. The standard InChI is InChI=1S/C22H21ClN2O5/c1-4-29-19-10-15(9-18(23)21(19)30-12-20(26)27)8-16(11-24)22(28)25-17-6-5-13(2)14(3)7-17/h5-10H,4,12H2,1-3H3,(H,25,28)(H,26,27)/b16-8+. The second kappa shape index (κ2) is 10.3. The number of halogens is 1. The fourth-order valence-corrected chi connectivity index (χ4v) is 2.81. The molecule has 0 atom stereocenters. The average molecular weight is 429 g/mol. The monoisotopic (exact) mass is 428 g/mol. The van der Waals surface area contributed by atoms with E-state index in [1.807, 2.05) is 32.0 Å². The van der Waals surface area contributed by atoms with Crippen LogP contribution in [0.1, 0.15) is 23.6 Å². The summed E-state index contributed by atoms with van der Waals surface area (Å²) in [4.78, 5) is 23.3. The van der Waals surface area contributed by atoms with Crippen molar-refractivity contribution in [2.75, 3.05) is 18.5 Å². The summed E-state index contributed by atoms with van der Waals surface area (Å²) < 4.78 is 10.7. The van der Waals surface area contributed by atoms with Gasteiger partial charge in [0.2, 0.25) is 0 Å². The highest BCUT2D eigenvalue weighted by Gasteiger charge is 2.16. The van der Waals surface area contributed by atoms with Gasteiger partial charge in [-0.05, 0) is 67.8 Å². The Morgan fingerprint density at radius 1 is 1.20 bits per heavy atom. The molecule has 0 aliphatic rings. The number of hydrogen-bond donors (Lipinski definition) is 2. The molecule has 0 saturated carbocycles. The second-order valence-electron chi connectivity index (χ2n) is 6.37. The third kappa shape index (κ3) is 6.00. The number of benzene rings is 2. The van der Waals surface area contributed by atoms with Gasteiger partial charge in [-0.2, -0.15) is 5.26 Å². The number of ether oxygens (including phenoxy) is 2. The first-order valence-corrected chi connectivity index (χ1v) is 9.44. The van der Waals surface area contributed by atoms with E-state index in [-0.39, 0.29) is 28.7 Å². The molecule has 0 heterocycles. The predicted octanol–water partition coefficient (Wildman–Crippen LogP) is 4.36. The molecule has 8 heteroatoms. The van der Waals surface area contributed by atoms with Crippen molar-refractivity contribution in [3.63, 3.8) is 0 Å². The van der Waals surface area contributed by atoms with Crippen molar-refractivity contribution >= 4 is 35.2 Å². The number of rotatable bonds is 8. The fourth-order valence-electron chi connectivity index (χ4n) is 2.54. The molecule has 0 saturated heterocycles. The van der Waals surface area contributed by atoms with Crippen LogP contribution in [-0.2, 0) is 9.59 Å². The first-order chi connectivity index (χ1) is 14.2. The zero-order chi connectivity index (χ0) is 22.3. The zero-order valence-corrected chi connectivity index (χ0v) is 17.5. The van der Waals surface area contributed by atoms with Crippen molar-refractivity contribution in [1.29, 1.82) is 5.26 Å². The molecule has 156 valence electrons. The molecule has 0 aliphatic heterocycles. The number of amides is 1. The lowest BCUT2D eigenvalue weighted by Crippen LogP contribution is -2.13. The topological polar surface area (TPSA) is 109 Å². The summed E-state index contributed by atoms with van der Waals surface area (Å²) in [6.45, 7) is 5.33. The largest absolute Gasteiger partial charge is 0.490 e. The number of hydrogen-bond acceptors (Lipinski definition) is 5. The van der Waals surface area contributed by atoms with E-state index in [1.165, 1.54) is 18.2 Å². The zero-order valence-electron chi connectivity index (χ0n) is 16.8. The van der Waals surface area contributed by atoms with Crippen LogP contribution in [0.25, 0.3) is 6.08 Å². The normalized spacial score (nSPS) is 10.8. The quantitative estimate of drug-likeness (QED) is 0.477. The minimum atomic E-state index is -1.16. The summed E-state index contributed by atoms with van der Waals surface area (Å²) in [7, 11) is 0. The van der Waals surface area contributed by atoms with E-state index in [4.69, 9.17) is 26.2 Å². The maximum Gasteiger partial charge on any atom is 0.341 e. The number of anilines is 1. The Morgan fingerprint density at radius 3 is 2.53 bits per heavy atom. The van der Waals surface area contributed by atoms with Gasteiger partial charge in [0.25, 0.3) is 5.91 Å². The number of aliphatic carboxylic acids is 1. The average Bonchev–Trinajstić information content (AvgIpc) is 2.68. The summed E-state index contributed by atoms with van der Waals surface area (Å²) in [5.74, 6) is -1.44. The van der Waals surface area contributed by atoms with Crippen molar-refractivity contribution in [2.24, 2.45) is 0 Å². The molecule has 1 amide bonds. The molecule has 2 N–H and O–H groups in total. The molecular formula is C22H21ClN2O5. The van der Waals surface area contributed by atoms with Crippen molar-refractivity contribution in [3.8, 4) is 17.6 Å². The molecule has 0 aromatic heterocycles. The number of carboxylic acids is 1. The minimum Gasteiger partial charge on any atom is -0.490 e. The smallest absolute Gasteiger partial charge is 0.341 e. The molecule has 0 bridgehead atoms. The lowest BCUT2D eigenvalue weighted by molar-refractivity contribution is -0.139. The van der Waals surface area contributed by atoms with E-state index < -0.39 is 18.5 Å². The Balaban J connectivity index is 2.33. The van der Waals surface area contributed by atoms with Gasteiger partial charge in [0.1, 0.15) is 11.6 Å². The van der Waals surface area contributed by atoms with Gasteiger partial charge in [-0.25, -0.2) is 4.79 Å². The van der Waals surface area contributed by atoms with E-state index >= 15 is 0 Å². The fraction of sp³-hybridized carbons (Fsp3) is 0.227. The third-order valence-electron chi connectivity index (χ3n) is 4.11. The Morgan fingerprint density at radius 2 is 1.93 bits per heavy atom. The molecule has 2 rings (SSSR count). The van der Waals surface area contributed by atoms with Gasteiger partial charge in [-0.1, -0.05) is 17.7 Å². The van der Waals surface area contributed by atoms with Crippen LogP contribution in [0, 0.1) is 25.2 Å². The van der Waals surface area contributed by atoms with E-state index in [9.17, 15) is 14.9 Å². The Labute approximate surface area is 179 Å². The Kier molecular flexibility index (Phi) is 7.84. The highest BCUT2D eigenvalue weighted by molar-refractivity contribution is 6.32. The van der Waals surface area contributed by atoms with E-state index in [1.54, 1.807) is 13.0 Å². The van der Waals surface area contributed by atoms with Gasteiger partial charge in [-0.3, -0.25) is 4.79 Å². The second-order valence-corrected chi connectivity index (χ2v) is 6.78. The lowest BCUT2D eigenvalue weighted by Gasteiger charge is -2.13. The van der Waals surface area contributed by atoms with Gasteiger partial charge < -0.3 is 19.9 Å². The molecule has 2 aromatic carbocycles. The predicted molar refractivity (Wildman–Crippen MR) is 114 cm³/mol. The number of carboxylic acid groups (broad SMARTS) is 1. The van der Waals surface area contributed by atoms with Gasteiger partial charge >= 0.3 is 5.97 Å². The van der Waals surface area contributed by atoms with Gasteiger partial charge in [0.15, 0.2) is 18.1 Å². The van der Waals surface area contributed by atoms with E-state index in [0.29, 0.717) is 11.3 Å². The highest BCUT2D eigenvalue weighted by atomic mass is 35.5. The number of carbonyl (C=O) groups excluding carboxylic acids is 1. The Hall–Kier alpha value is -3.50. The van der Waals surface area contributed by atoms with Gasteiger partial charge in [-0.15, -0.1) is 0 Å². The highest BCUT2D eigenvalue weighted by Crippen LogP contribution is 2.37. The summed E-state index contributed by atoms with van der Waals surface area (Å²) in [6, 6.07) is 10.3. The molecule has 0 spiro atoms. The minimum absolute atomic E-state index is 0.0798. The molecular weight excluding hydrogens is 408 g/mol. The molecule has 2 aromatic rings. The molecule has 0 unspecified atom stereocenters. The summed E-state index contributed by atoms with van der Waals surface area (Å²) in [5.41, 5.74) is 2.98. The van der Waals surface area contributed by atoms with Crippen LogP contribution in [0.4, 0.5) is 5.69 Å². The molecule has 0 fully saturated rings. The summed E-state index contributed by atoms with van der Waals surface area (Å²) >= 11 is 6.21. The van der Waals surface area contributed by atoms with Gasteiger partial charge in [0.05, 0.1) is 11.6 Å². The van der Waals surface area contributed by atoms with Crippen molar-refractivity contribution < 1.29 is 24.2 Å². The van der Waals surface area contributed by atoms with Crippen LogP contribution in [-0.4, -0.2) is 30.2 Å². The number of nitrogens with zero attached hydrogens (tertiary/aromatic N) is 1. The van der Waals surface area contributed by atoms with Crippen LogP contribution in [0.15, 0.2) is 35.9 Å². The van der Waals surface area contributed by atoms with Crippen LogP contribution in [0.3, 0.4) is 0 Å². The maximum absolute atomic E-state index is 12.5.